The molecule has 1 heterocycles. The van der Waals surface area contributed by atoms with Crippen molar-refractivity contribution < 1.29 is 4.79 Å². The first-order valence-electron chi connectivity index (χ1n) is 4.63. The maximum absolute atomic E-state index is 10.7. The van der Waals surface area contributed by atoms with Gasteiger partial charge in [-0.25, -0.2) is 0 Å². The molecule has 0 aromatic carbocycles. The monoisotopic (exact) mass is 212 g/mol. The topological polar surface area (TPSA) is 55.1 Å². The Morgan fingerprint density at radius 3 is 2.86 bits per heavy atom. The Labute approximate surface area is 88.3 Å². The van der Waals surface area contributed by atoms with E-state index in [9.17, 15) is 4.79 Å². The van der Waals surface area contributed by atoms with Crippen LogP contribution >= 0.6 is 11.3 Å². The molecule has 0 aliphatic rings. The molecule has 0 bridgehead atoms. The number of aryl methyl sites for hydroxylation is 1. The predicted molar refractivity (Wildman–Crippen MR) is 59.1 cm³/mol. The van der Waals surface area contributed by atoms with Gasteiger partial charge >= 0.3 is 0 Å². The maximum Gasteiger partial charge on any atom is 0.221 e. The summed E-state index contributed by atoms with van der Waals surface area (Å²) < 4.78 is 0. The lowest BCUT2D eigenvalue weighted by Crippen LogP contribution is -2.30. The van der Waals surface area contributed by atoms with Crippen LogP contribution in [-0.4, -0.2) is 12.5 Å². The third kappa shape index (κ3) is 3.12. The molecule has 1 atom stereocenters. The van der Waals surface area contributed by atoms with Gasteiger partial charge in [-0.1, -0.05) is 6.92 Å². The minimum Gasteiger partial charge on any atom is -0.369 e. The number of nitrogens with two attached hydrogens (primary N) is 1. The molecule has 0 saturated heterocycles. The molecule has 1 unspecified atom stereocenters. The van der Waals surface area contributed by atoms with Crippen molar-refractivity contribution in [3.8, 4) is 0 Å². The molecule has 0 spiro atoms. The van der Waals surface area contributed by atoms with Crippen molar-refractivity contribution in [1.82, 2.24) is 5.32 Å². The molecule has 0 radical (unpaired) electrons. The number of carbonyl (C=O) groups excluding carboxylic acids is 1. The second kappa shape index (κ2) is 5.12. The lowest BCUT2D eigenvalue weighted by Gasteiger charge is -2.08. The van der Waals surface area contributed by atoms with Gasteiger partial charge in [0.1, 0.15) is 0 Å². The first kappa shape index (κ1) is 11.2. The van der Waals surface area contributed by atoms with Crippen LogP contribution in [0.15, 0.2) is 10.8 Å². The fourth-order valence-corrected chi connectivity index (χ4v) is 1.95. The zero-order valence-electron chi connectivity index (χ0n) is 8.54. The van der Waals surface area contributed by atoms with E-state index >= 15 is 0 Å². The summed E-state index contributed by atoms with van der Waals surface area (Å²) in [6, 6.07) is 0. The fraction of sp³-hybridized carbons (Fsp3) is 0.500. The lowest BCUT2D eigenvalue weighted by atomic mass is 10.1. The highest BCUT2D eigenvalue weighted by Gasteiger charge is 2.07. The number of hydrogen-bond donors (Lipinski definition) is 2. The van der Waals surface area contributed by atoms with Gasteiger partial charge in [0.15, 0.2) is 0 Å². The van der Waals surface area contributed by atoms with Gasteiger partial charge in [0.05, 0.1) is 0 Å². The molecule has 0 saturated carbocycles. The van der Waals surface area contributed by atoms with Gasteiger partial charge in [-0.3, -0.25) is 4.79 Å². The smallest absolute Gasteiger partial charge is 0.221 e. The normalized spacial score (nSPS) is 12.7. The van der Waals surface area contributed by atoms with E-state index < -0.39 is 0 Å². The number of nitrogens with one attached hydrogen (secondary N) is 1. The number of carbonyl (C=O) groups is 1. The number of hydrogen-bond acceptors (Lipinski definition) is 3. The summed E-state index contributed by atoms with van der Waals surface area (Å²) in [5.74, 6) is -0.353. The quantitative estimate of drug-likeness (QED) is 0.772. The van der Waals surface area contributed by atoms with Crippen LogP contribution < -0.4 is 11.1 Å². The van der Waals surface area contributed by atoms with Crippen LogP contribution in [0, 0.1) is 12.8 Å². The van der Waals surface area contributed by atoms with Crippen LogP contribution in [0.1, 0.15) is 18.1 Å². The Bertz CT molecular complexity index is 309. The third-order valence-corrected chi connectivity index (χ3v) is 3.12. The summed E-state index contributed by atoms with van der Waals surface area (Å²) in [6.45, 7) is 5.37. The molecule has 1 aromatic rings. The molecule has 3 nitrogen and oxygen atoms in total. The van der Waals surface area contributed by atoms with Crippen LogP contribution in [0.2, 0.25) is 0 Å². The van der Waals surface area contributed by atoms with E-state index in [1.807, 2.05) is 6.92 Å². The Kier molecular flexibility index (Phi) is 4.10. The van der Waals surface area contributed by atoms with E-state index in [4.69, 9.17) is 5.73 Å². The van der Waals surface area contributed by atoms with Gasteiger partial charge in [-0.05, 0) is 28.8 Å². The van der Waals surface area contributed by atoms with E-state index in [2.05, 4.69) is 23.0 Å². The van der Waals surface area contributed by atoms with Crippen molar-refractivity contribution in [2.45, 2.75) is 20.4 Å². The standard InChI is InChI=1S/C10H16N2OS/c1-7(10(11)13)3-12-4-9-6-14-5-8(9)2/h5-7,12H,3-4H2,1-2H3,(H2,11,13). The average Bonchev–Trinajstić information content (AvgIpc) is 2.51. The first-order valence-corrected chi connectivity index (χ1v) is 5.57. The second-order valence-corrected chi connectivity index (χ2v) is 4.26. The van der Waals surface area contributed by atoms with E-state index in [0.717, 1.165) is 6.54 Å². The molecule has 4 heteroatoms. The number of rotatable bonds is 5. The van der Waals surface area contributed by atoms with E-state index in [-0.39, 0.29) is 11.8 Å². The van der Waals surface area contributed by atoms with Crippen molar-refractivity contribution in [2.75, 3.05) is 6.54 Å². The summed E-state index contributed by atoms with van der Waals surface area (Å²) in [6.07, 6.45) is 0. The lowest BCUT2D eigenvalue weighted by molar-refractivity contribution is -0.121. The minimum absolute atomic E-state index is 0.103. The fourth-order valence-electron chi connectivity index (χ4n) is 1.09. The molecule has 1 aromatic heterocycles. The van der Waals surface area contributed by atoms with Crippen molar-refractivity contribution in [2.24, 2.45) is 11.7 Å². The van der Waals surface area contributed by atoms with Gasteiger partial charge in [0.25, 0.3) is 0 Å². The predicted octanol–water partition coefficient (Wildman–Crippen LogP) is 1.27. The Balaban J connectivity index is 2.29. The third-order valence-electron chi connectivity index (χ3n) is 2.21. The number of amides is 1. The highest BCUT2D eigenvalue weighted by Crippen LogP contribution is 2.12. The molecular weight excluding hydrogens is 196 g/mol. The SMILES string of the molecule is Cc1cscc1CNCC(C)C(N)=O. The highest BCUT2D eigenvalue weighted by molar-refractivity contribution is 7.08. The van der Waals surface area contributed by atoms with Crippen molar-refractivity contribution >= 4 is 17.2 Å². The summed E-state index contributed by atoms with van der Waals surface area (Å²) in [4.78, 5) is 10.7. The van der Waals surface area contributed by atoms with Crippen LogP contribution in [0.25, 0.3) is 0 Å². The van der Waals surface area contributed by atoms with Gasteiger partial charge in [-0.15, -0.1) is 0 Å². The zero-order valence-corrected chi connectivity index (χ0v) is 9.36. The molecular formula is C10H16N2OS. The molecule has 0 fully saturated rings. The Hall–Kier alpha value is -0.870. The molecule has 14 heavy (non-hydrogen) atoms. The van der Waals surface area contributed by atoms with Gasteiger partial charge in [0, 0.05) is 19.0 Å². The van der Waals surface area contributed by atoms with E-state index in [0.29, 0.717) is 6.54 Å². The van der Waals surface area contributed by atoms with Crippen molar-refractivity contribution in [3.63, 3.8) is 0 Å². The summed E-state index contributed by atoms with van der Waals surface area (Å²) in [5, 5.41) is 7.46. The molecule has 1 rings (SSSR count). The minimum atomic E-state index is -0.250. The second-order valence-electron chi connectivity index (χ2n) is 3.51. The molecule has 3 N–H and O–H groups in total. The van der Waals surface area contributed by atoms with Gasteiger partial charge in [0.2, 0.25) is 5.91 Å². The van der Waals surface area contributed by atoms with Crippen molar-refractivity contribution in [3.05, 3.63) is 21.9 Å². The first-order chi connectivity index (χ1) is 6.61. The Morgan fingerprint density at radius 1 is 1.64 bits per heavy atom. The number of thiophene rings is 1. The van der Waals surface area contributed by atoms with Crippen LogP contribution in [0.4, 0.5) is 0 Å². The summed E-state index contributed by atoms with van der Waals surface area (Å²) in [5.41, 5.74) is 7.75. The maximum atomic E-state index is 10.7. The average molecular weight is 212 g/mol. The summed E-state index contributed by atoms with van der Waals surface area (Å²) in [7, 11) is 0. The highest BCUT2D eigenvalue weighted by atomic mass is 32.1. The van der Waals surface area contributed by atoms with E-state index in [1.54, 1.807) is 11.3 Å². The van der Waals surface area contributed by atoms with Gasteiger partial charge < -0.3 is 11.1 Å². The van der Waals surface area contributed by atoms with E-state index in [1.165, 1.54) is 11.1 Å². The summed E-state index contributed by atoms with van der Waals surface area (Å²) >= 11 is 1.70. The van der Waals surface area contributed by atoms with Crippen LogP contribution in [-0.2, 0) is 11.3 Å². The number of primary amides is 1. The van der Waals surface area contributed by atoms with Gasteiger partial charge in [-0.2, -0.15) is 11.3 Å². The molecule has 78 valence electrons. The molecule has 0 aliphatic carbocycles. The van der Waals surface area contributed by atoms with Crippen molar-refractivity contribution in [1.29, 1.82) is 0 Å². The largest absolute Gasteiger partial charge is 0.369 e. The van der Waals surface area contributed by atoms with Crippen LogP contribution in [0.3, 0.4) is 0 Å². The van der Waals surface area contributed by atoms with Crippen LogP contribution in [0.5, 0.6) is 0 Å². The zero-order chi connectivity index (χ0) is 10.6. The molecule has 0 aliphatic heterocycles. The molecule has 1 amide bonds. The Morgan fingerprint density at radius 2 is 2.36 bits per heavy atom.